The molecule has 146 valence electrons. The molecule has 9 heteroatoms. The first-order chi connectivity index (χ1) is 12.7. The minimum atomic E-state index is -1.07. The number of hydrogen-bond acceptors (Lipinski definition) is 6. The van der Waals surface area contributed by atoms with E-state index in [1.54, 1.807) is 31.2 Å². The van der Waals surface area contributed by atoms with E-state index in [-0.39, 0.29) is 31.1 Å². The summed E-state index contributed by atoms with van der Waals surface area (Å²) in [6.45, 7) is 2.81. The normalized spacial score (nSPS) is 22.9. The van der Waals surface area contributed by atoms with E-state index in [2.05, 4.69) is 5.32 Å². The highest BCUT2D eigenvalue weighted by Crippen LogP contribution is 2.36. The molecular formula is C18H21ClN2O6. The molecule has 0 heterocycles. The van der Waals surface area contributed by atoms with Crippen LogP contribution in [0.5, 0.6) is 0 Å². The Morgan fingerprint density at radius 1 is 1.37 bits per heavy atom. The number of rotatable bonds is 7. The molecular weight excluding hydrogens is 376 g/mol. The highest BCUT2D eigenvalue weighted by Gasteiger charge is 2.44. The van der Waals surface area contributed by atoms with Crippen molar-refractivity contribution in [2.24, 2.45) is 17.8 Å². The summed E-state index contributed by atoms with van der Waals surface area (Å²) in [5.41, 5.74) is 0.498. The molecule has 0 aromatic heterocycles. The summed E-state index contributed by atoms with van der Waals surface area (Å²) in [6, 6.07) is 6.43. The van der Waals surface area contributed by atoms with Crippen molar-refractivity contribution in [3.63, 3.8) is 0 Å². The third-order valence-electron chi connectivity index (χ3n) is 4.72. The van der Waals surface area contributed by atoms with Gasteiger partial charge in [-0.2, -0.15) is 0 Å². The molecule has 0 unspecified atom stereocenters. The number of ketones is 1. The molecule has 1 aliphatic carbocycles. The second-order valence-electron chi connectivity index (χ2n) is 6.77. The Bertz CT molecular complexity index is 736. The predicted molar refractivity (Wildman–Crippen MR) is 97.9 cm³/mol. The van der Waals surface area contributed by atoms with Crippen molar-refractivity contribution < 1.29 is 24.0 Å². The number of benzene rings is 1. The van der Waals surface area contributed by atoms with Gasteiger partial charge in [-0.1, -0.05) is 18.5 Å². The minimum Gasteiger partial charge on any atom is -0.453 e. The minimum absolute atomic E-state index is 0.161. The highest BCUT2D eigenvalue weighted by atomic mass is 35.5. The van der Waals surface area contributed by atoms with Crippen molar-refractivity contribution in [3.05, 3.63) is 39.4 Å². The molecule has 1 N–H and O–H groups in total. The third kappa shape index (κ3) is 5.75. The SMILES string of the molecule is C[C@H](OC(=O)C[C@H]1C(=O)C[C@H](C)[C@H]1C[N+](=O)[O-])C(=O)Nc1ccc(Cl)cc1. The maximum Gasteiger partial charge on any atom is 0.307 e. The number of carbonyl (C=O) groups is 3. The first-order valence-electron chi connectivity index (χ1n) is 8.57. The number of nitro groups is 1. The van der Waals surface area contributed by atoms with Gasteiger partial charge in [0, 0.05) is 33.9 Å². The van der Waals surface area contributed by atoms with Gasteiger partial charge in [-0.25, -0.2) is 0 Å². The molecule has 1 fully saturated rings. The Morgan fingerprint density at radius 2 is 2.00 bits per heavy atom. The van der Waals surface area contributed by atoms with Crippen LogP contribution in [0.15, 0.2) is 24.3 Å². The molecule has 0 saturated heterocycles. The second-order valence-corrected chi connectivity index (χ2v) is 7.20. The van der Waals surface area contributed by atoms with Gasteiger partial charge in [0.05, 0.1) is 6.42 Å². The Kier molecular flexibility index (Phi) is 6.90. The number of ether oxygens (including phenoxy) is 1. The molecule has 1 saturated carbocycles. The fourth-order valence-corrected chi connectivity index (χ4v) is 3.38. The van der Waals surface area contributed by atoms with Crippen LogP contribution in [-0.2, 0) is 19.1 Å². The fraction of sp³-hybridized carbons (Fsp3) is 0.500. The molecule has 2 rings (SSSR count). The van der Waals surface area contributed by atoms with Crippen LogP contribution in [0, 0.1) is 27.9 Å². The van der Waals surface area contributed by atoms with Crippen molar-refractivity contribution in [3.8, 4) is 0 Å². The van der Waals surface area contributed by atoms with E-state index < -0.39 is 34.7 Å². The lowest BCUT2D eigenvalue weighted by Crippen LogP contribution is -2.32. The highest BCUT2D eigenvalue weighted by molar-refractivity contribution is 6.30. The predicted octanol–water partition coefficient (Wildman–Crippen LogP) is 2.72. The molecule has 0 spiro atoms. The van der Waals surface area contributed by atoms with Crippen molar-refractivity contribution in [2.75, 3.05) is 11.9 Å². The topological polar surface area (TPSA) is 116 Å². The van der Waals surface area contributed by atoms with Crippen molar-refractivity contribution in [2.45, 2.75) is 32.8 Å². The van der Waals surface area contributed by atoms with Crippen LogP contribution in [0.3, 0.4) is 0 Å². The number of anilines is 1. The van der Waals surface area contributed by atoms with Gasteiger partial charge in [0.15, 0.2) is 6.10 Å². The van der Waals surface area contributed by atoms with E-state index in [1.165, 1.54) is 6.92 Å². The van der Waals surface area contributed by atoms with E-state index >= 15 is 0 Å². The summed E-state index contributed by atoms with van der Waals surface area (Å²) >= 11 is 5.77. The monoisotopic (exact) mass is 396 g/mol. The van der Waals surface area contributed by atoms with Gasteiger partial charge in [-0.3, -0.25) is 24.5 Å². The lowest BCUT2D eigenvalue weighted by Gasteiger charge is -2.18. The van der Waals surface area contributed by atoms with Gasteiger partial charge in [0.25, 0.3) is 5.91 Å². The van der Waals surface area contributed by atoms with E-state index in [9.17, 15) is 24.5 Å². The zero-order valence-electron chi connectivity index (χ0n) is 15.0. The number of nitrogens with one attached hydrogen (secondary N) is 1. The number of hydrogen-bond donors (Lipinski definition) is 1. The molecule has 1 aromatic rings. The van der Waals surface area contributed by atoms with Crippen LogP contribution in [0.25, 0.3) is 0 Å². The van der Waals surface area contributed by atoms with Crippen LogP contribution < -0.4 is 5.32 Å². The molecule has 0 radical (unpaired) electrons. The number of amides is 1. The summed E-state index contributed by atoms with van der Waals surface area (Å²) < 4.78 is 5.11. The molecule has 1 amide bonds. The largest absolute Gasteiger partial charge is 0.453 e. The van der Waals surface area contributed by atoms with Gasteiger partial charge < -0.3 is 10.1 Å². The summed E-state index contributed by atoms with van der Waals surface area (Å²) in [6.07, 6.45) is -1.13. The molecule has 1 aromatic carbocycles. The lowest BCUT2D eigenvalue weighted by atomic mass is 9.88. The quantitative estimate of drug-likeness (QED) is 0.430. The fourth-order valence-electron chi connectivity index (χ4n) is 3.26. The van der Waals surface area contributed by atoms with Crippen molar-refractivity contribution in [1.29, 1.82) is 0 Å². The molecule has 27 heavy (non-hydrogen) atoms. The average molecular weight is 397 g/mol. The summed E-state index contributed by atoms with van der Waals surface area (Å²) in [4.78, 5) is 46.7. The van der Waals surface area contributed by atoms with Gasteiger partial charge in [0.2, 0.25) is 6.54 Å². The molecule has 8 nitrogen and oxygen atoms in total. The maximum absolute atomic E-state index is 12.2. The summed E-state index contributed by atoms with van der Waals surface area (Å²) in [5, 5.41) is 13.9. The number of esters is 1. The first-order valence-corrected chi connectivity index (χ1v) is 8.95. The van der Waals surface area contributed by atoms with E-state index in [0.717, 1.165) is 0 Å². The number of halogens is 1. The third-order valence-corrected chi connectivity index (χ3v) is 4.97. The van der Waals surface area contributed by atoms with E-state index in [0.29, 0.717) is 10.7 Å². The summed E-state index contributed by atoms with van der Waals surface area (Å²) in [5.74, 6) is -2.84. The molecule has 1 aliphatic rings. The Labute approximate surface area is 161 Å². The number of nitrogens with zero attached hydrogens (tertiary/aromatic N) is 1. The number of Topliss-reactive ketones (excluding diaryl/α,β-unsaturated/α-hetero) is 1. The summed E-state index contributed by atoms with van der Waals surface area (Å²) in [7, 11) is 0. The Hall–Kier alpha value is -2.48. The first kappa shape index (κ1) is 20.8. The molecule has 4 atom stereocenters. The van der Waals surface area contributed by atoms with Gasteiger partial charge in [0.1, 0.15) is 5.78 Å². The van der Waals surface area contributed by atoms with E-state index in [1.807, 2.05) is 0 Å². The van der Waals surface area contributed by atoms with Gasteiger partial charge in [-0.05, 0) is 37.1 Å². The molecule has 0 aliphatic heterocycles. The van der Waals surface area contributed by atoms with Crippen LogP contribution in [0.4, 0.5) is 5.69 Å². The van der Waals surface area contributed by atoms with Crippen molar-refractivity contribution in [1.82, 2.24) is 0 Å². The zero-order valence-corrected chi connectivity index (χ0v) is 15.8. The average Bonchev–Trinajstić information content (AvgIpc) is 2.83. The maximum atomic E-state index is 12.2. The Balaban J connectivity index is 1.91. The number of carbonyl (C=O) groups excluding carboxylic acids is 3. The standard InChI is InChI=1S/C18H21ClN2O6/c1-10-7-16(22)14(15(10)9-21(25)26)8-17(23)27-11(2)18(24)20-13-5-3-12(19)4-6-13/h3-6,10-11,14-15H,7-9H2,1-2H3,(H,20,24)/t10-,11-,14+,15+/m0/s1. The molecule has 0 bridgehead atoms. The van der Waals surface area contributed by atoms with Crippen LogP contribution >= 0.6 is 11.6 Å². The zero-order chi connectivity index (χ0) is 20.1. The lowest BCUT2D eigenvalue weighted by molar-refractivity contribution is -0.490. The Morgan fingerprint density at radius 3 is 2.59 bits per heavy atom. The van der Waals surface area contributed by atoms with Crippen molar-refractivity contribution >= 4 is 34.9 Å². The van der Waals surface area contributed by atoms with Gasteiger partial charge >= 0.3 is 5.97 Å². The van der Waals surface area contributed by atoms with Gasteiger partial charge in [-0.15, -0.1) is 0 Å². The smallest absolute Gasteiger partial charge is 0.307 e. The van der Waals surface area contributed by atoms with Crippen LogP contribution in [0.1, 0.15) is 26.7 Å². The van der Waals surface area contributed by atoms with Crippen LogP contribution in [-0.4, -0.2) is 35.2 Å². The van der Waals surface area contributed by atoms with E-state index in [4.69, 9.17) is 16.3 Å². The second kappa shape index (κ2) is 8.94. The van der Waals surface area contributed by atoms with Crippen LogP contribution in [0.2, 0.25) is 5.02 Å².